The quantitative estimate of drug-likeness (QED) is 0.669. The van der Waals surface area contributed by atoms with Gasteiger partial charge in [-0.1, -0.05) is 24.3 Å². The zero-order chi connectivity index (χ0) is 20.4. The molecule has 0 bridgehead atoms. The Bertz CT molecular complexity index is 1010. The van der Waals surface area contributed by atoms with Gasteiger partial charge in [0.15, 0.2) is 0 Å². The van der Waals surface area contributed by atoms with Gasteiger partial charge in [-0.2, -0.15) is 4.98 Å². The van der Waals surface area contributed by atoms with Gasteiger partial charge in [-0.05, 0) is 48.7 Å². The number of ether oxygens (including phenoxy) is 1. The molecule has 1 aromatic heterocycles. The van der Waals surface area contributed by atoms with Crippen LogP contribution in [0.3, 0.4) is 0 Å². The molecule has 0 atom stereocenters. The summed E-state index contributed by atoms with van der Waals surface area (Å²) in [6, 6.07) is 16.0. The number of alkyl halides is 3. The Hall–Kier alpha value is -3.29. The number of nitrogens with one attached hydrogen (secondary N) is 1. The minimum Gasteiger partial charge on any atom is -0.406 e. The lowest BCUT2D eigenvalue weighted by Crippen LogP contribution is -2.31. The number of rotatable bonds is 4. The first kappa shape index (κ1) is 19.0. The number of fused-ring (bicyclic) bond motifs is 1. The van der Waals surface area contributed by atoms with E-state index in [1.165, 1.54) is 12.1 Å². The van der Waals surface area contributed by atoms with Crippen LogP contribution in [-0.4, -0.2) is 22.9 Å². The standard InChI is InChI=1S/C21H19F3N4O/c1-14-11-19(27-20(25-14)26-17-5-3-2-4-6-17)28-10-9-15-7-8-18(12-16(15)13-28)29-21(22,23)24/h2-8,11-12H,9-10,13H2,1H3,(H,25,26,27). The largest absolute Gasteiger partial charge is 0.573 e. The average Bonchev–Trinajstić information content (AvgIpc) is 2.66. The second-order valence-electron chi connectivity index (χ2n) is 6.83. The van der Waals surface area contributed by atoms with Crippen LogP contribution in [0.2, 0.25) is 0 Å². The van der Waals surface area contributed by atoms with Crippen LogP contribution in [0, 0.1) is 6.92 Å². The Kier molecular flexibility index (Phi) is 5.00. The lowest BCUT2D eigenvalue weighted by molar-refractivity contribution is -0.274. The van der Waals surface area contributed by atoms with E-state index in [4.69, 9.17) is 0 Å². The van der Waals surface area contributed by atoms with Crippen LogP contribution in [0.15, 0.2) is 54.6 Å². The molecule has 8 heteroatoms. The van der Waals surface area contributed by atoms with Crippen LogP contribution in [0.4, 0.5) is 30.6 Å². The van der Waals surface area contributed by atoms with Crippen molar-refractivity contribution in [3.8, 4) is 5.75 Å². The van der Waals surface area contributed by atoms with Gasteiger partial charge < -0.3 is 15.0 Å². The van der Waals surface area contributed by atoms with Crippen molar-refractivity contribution in [2.24, 2.45) is 0 Å². The number of aryl methyl sites for hydroxylation is 1. The van der Waals surface area contributed by atoms with Crippen LogP contribution in [-0.2, 0) is 13.0 Å². The van der Waals surface area contributed by atoms with E-state index in [9.17, 15) is 13.2 Å². The first-order valence-electron chi connectivity index (χ1n) is 9.16. The van der Waals surface area contributed by atoms with E-state index in [2.05, 4.69) is 20.0 Å². The highest BCUT2D eigenvalue weighted by Gasteiger charge is 2.31. The minimum absolute atomic E-state index is 0.205. The summed E-state index contributed by atoms with van der Waals surface area (Å²) in [7, 11) is 0. The molecule has 0 saturated carbocycles. The van der Waals surface area contributed by atoms with Crippen molar-refractivity contribution < 1.29 is 17.9 Å². The topological polar surface area (TPSA) is 50.3 Å². The number of halogens is 3. The van der Waals surface area contributed by atoms with Crippen molar-refractivity contribution in [3.63, 3.8) is 0 Å². The lowest BCUT2D eigenvalue weighted by atomic mass is 9.99. The van der Waals surface area contributed by atoms with E-state index in [0.29, 0.717) is 25.5 Å². The summed E-state index contributed by atoms with van der Waals surface area (Å²) < 4.78 is 41.6. The molecule has 3 aromatic rings. The van der Waals surface area contributed by atoms with Gasteiger partial charge in [0.25, 0.3) is 0 Å². The van der Waals surface area contributed by atoms with Crippen LogP contribution in [0.25, 0.3) is 0 Å². The van der Waals surface area contributed by atoms with Crippen molar-refractivity contribution in [1.29, 1.82) is 0 Å². The predicted octanol–water partition coefficient (Wildman–Crippen LogP) is 4.99. The van der Waals surface area contributed by atoms with E-state index in [-0.39, 0.29) is 5.75 Å². The molecular formula is C21H19F3N4O. The van der Waals surface area contributed by atoms with Gasteiger partial charge in [0.05, 0.1) is 0 Å². The fourth-order valence-corrected chi connectivity index (χ4v) is 3.35. The molecule has 1 aliphatic heterocycles. The Morgan fingerprint density at radius 1 is 1.00 bits per heavy atom. The third-order valence-electron chi connectivity index (χ3n) is 4.62. The lowest BCUT2D eigenvalue weighted by Gasteiger charge is -2.30. The second kappa shape index (κ2) is 7.62. The fourth-order valence-electron chi connectivity index (χ4n) is 3.35. The molecule has 0 aliphatic carbocycles. The summed E-state index contributed by atoms with van der Waals surface area (Å²) in [4.78, 5) is 11.1. The fraction of sp³-hybridized carbons (Fsp3) is 0.238. The van der Waals surface area contributed by atoms with E-state index in [1.807, 2.05) is 48.2 Å². The first-order valence-corrected chi connectivity index (χ1v) is 9.16. The highest BCUT2D eigenvalue weighted by atomic mass is 19.4. The van der Waals surface area contributed by atoms with Crippen LogP contribution >= 0.6 is 0 Å². The summed E-state index contributed by atoms with van der Waals surface area (Å²) in [5.41, 5.74) is 3.49. The van der Waals surface area contributed by atoms with Gasteiger partial charge in [-0.25, -0.2) is 4.98 Å². The van der Waals surface area contributed by atoms with Crippen LogP contribution in [0.5, 0.6) is 5.75 Å². The maximum atomic E-state index is 12.5. The molecule has 29 heavy (non-hydrogen) atoms. The Morgan fingerprint density at radius 3 is 2.55 bits per heavy atom. The monoisotopic (exact) mass is 400 g/mol. The maximum Gasteiger partial charge on any atom is 0.573 e. The number of anilines is 3. The molecule has 4 rings (SSSR count). The highest BCUT2D eigenvalue weighted by molar-refractivity contribution is 5.56. The molecule has 0 amide bonds. The molecule has 0 spiro atoms. The van der Waals surface area contributed by atoms with Crippen molar-refractivity contribution >= 4 is 17.5 Å². The van der Waals surface area contributed by atoms with Gasteiger partial charge in [-0.3, -0.25) is 0 Å². The van der Waals surface area contributed by atoms with E-state index >= 15 is 0 Å². The molecule has 0 unspecified atom stereocenters. The molecule has 0 fully saturated rings. The third kappa shape index (κ3) is 4.77. The summed E-state index contributed by atoms with van der Waals surface area (Å²) in [5, 5.41) is 3.18. The van der Waals surface area contributed by atoms with Gasteiger partial charge in [0, 0.05) is 30.5 Å². The molecule has 2 aromatic carbocycles. The average molecular weight is 400 g/mol. The molecule has 1 N–H and O–H groups in total. The summed E-state index contributed by atoms with van der Waals surface area (Å²) in [6.07, 6.45) is -3.99. The zero-order valence-corrected chi connectivity index (χ0v) is 15.7. The highest BCUT2D eigenvalue weighted by Crippen LogP contribution is 2.30. The number of aromatic nitrogens is 2. The van der Waals surface area contributed by atoms with Gasteiger partial charge >= 0.3 is 6.36 Å². The Labute approximate surface area is 166 Å². The summed E-state index contributed by atoms with van der Waals surface area (Å²) >= 11 is 0. The molecule has 150 valence electrons. The van der Waals surface area contributed by atoms with Crippen molar-refractivity contribution in [2.45, 2.75) is 26.3 Å². The van der Waals surface area contributed by atoms with Crippen molar-refractivity contribution in [2.75, 3.05) is 16.8 Å². The SMILES string of the molecule is Cc1cc(N2CCc3ccc(OC(F)(F)F)cc3C2)nc(Nc2ccccc2)n1. The summed E-state index contributed by atoms with van der Waals surface area (Å²) in [5.74, 6) is 0.998. The predicted molar refractivity (Wildman–Crippen MR) is 104 cm³/mol. The van der Waals surface area contributed by atoms with Crippen molar-refractivity contribution in [3.05, 3.63) is 71.4 Å². The van der Waals surface area contributed by atoms with E-state index < -0.39 is 6.36 Å². The minimum atomic E-state index is -4.70. The van der Waals surface area contributed by atoms with Crippen LogP contribution < -0.4 is 15.0 Å². The number of hydrogen-bond donors (Lipinski definition) is 1. The van der Waals surface area contributed by atoms with E-state index in [0.717, 1.165) is 28.3 Å². The van der Waals surface area contributed by atoms with Gasteiger partial charge in [0.2, 0.25) is 5.95 Å². The second-order valence-corrected chi connectivity index (χ2v) is 6.83. The number of nitrogens with zero attached hydrogens (tertiary/aromatic N) is 3. The number of benzene rings is 2. The van der Waals surface area contributed by atoms with Crippen molar-refractivity contribution in [1.82, 2.24) is 9.97 Å². The Balaban J connectivity index is 1.56. The van der Waals surface area contributed by atoms with Gasteiger partial charge in [-0.15, -0.1) is 13.2 Å². The normalized spacial score (nSPS) is 13.7. The Morgan fingerprint density at radius 2 is 1.79 bits per heavy atom. The smallest absolute Gasteiger partial charge is 0.406 e. The third-order valence-corrected chi connectivity index (χ3v) is 4.62. The number of para-hydroxylation sites is 1. The van der Waals surface area contributed by atoms with Crippen LogP contribution in [0.1, 0.15) is 16.8 Å². The molecule has 0 saturated heterocycles. The molecular weight excluding hydrogens is 381 g/mol. The number of hydrogen-bond acceptors (Lipinski definition) is 5. The molecule has 2 heterocycles. The molecule has 5 nitrogen and oxygen atoms in total. The first-order chi connectivity index (χ1) is 13.9. The van der Waals surface area contributed by atoms with E-state index in [1.54, 1.807) is 6.07 Å². The molecule has 0 radical (unpaired) electrons. The molecule has 1 aliphatic rings. The van der Waals surface area contributed by atoms with Gasteiger partial charge in [0.1, 0.15) is 11.6 Å². The zero-order valence-electron chi connectivity index (χ0n) is 15.7. The maximum absolute atomic E-state index is 12.5. The summed E-state index contributed by atoms with van der Waals surface area (Å²) in [6.45, 7) is 3.05.